The van der Waals surface area contributed by atoms with Crippen LogP contribution in [-0.4, -0.2) is 30.8 Å². The number of hydrogen-bond acceptors (Lipinski definition) is 4. The molecular weight excluding hydrogens is 481 g/mol. The lowest BCUT2D eigenvalue weighted by Gasteiger charge is -2.49. The predicted octanol–water partition coefficient (Wildman–Crippen LogP) is 7.18. The molecule has 4 aliphatic rings. The van der Waals surface area contributed by atoms with E-state index in [4.69, 9.17) is 9.47 Å². The third kappa shape index (κ3) is 5.41. The van der Waals surface area contributed by atoms with E-state index < -0.39 is 0 Å². The van der Waals surface area contributed by atoms with Crippen molar-refractivity contribution in [1.82, 2.24) is 5.32 Å². The summed E-state index contributed by atoms with van der Waals surface area (Å²) in [6.07, 6.45) is 9.83. The van der Waals surface area contributed by atoms with Gasteiger partial charge in [0.05, 0.1) is 12.5 Å². The Bertz CT molecular complexity index is 1120. The zero-order chi connectivity index (χ0) is 27.0. The first-order valence-electron chi connectivity index (χ1n) is 14.6. The Morgan fingerprint density at radius 1 is 1.24 bits per heavy atom. The van der Waals surface area contributed by atoms with Crippen molar-refractivity contribution in [2.75, 3.05) is 6.61 Å². The SMILES string of the molecule is CCOC(=O)N[C@@H]1CC[C@@H]2[C@@H](C1)C[C@@H]1C(=O)O[C@H](C)[C@H]1[C@@H]2CC(C)C1=CC=C(c2cccc(F)c2)C(C)C1.[HH]. The molecule has 1 saturated heterocycles. The highest BCUT2D eigenvalue weighted by atomic mass is 19.1. The van der Waals surface area contributed by atoms with Crippen molar-refractivity contribution in [3.05, 3.63) is 53.4 Å². The van der Waals surface area contributed by atoms with E-state index in [1.165, 1.54) is 17.2 Å². The highest BCUT2D eigenvalue weighted by Crippen LogP contribution is 2.55. The van der Waals surface area contributed by atoms with Gasteiger partial charge in [0.15, 0.2) is 0 Å². The van der Waals surface area contributed by atoms with Gasteiger partial charge in [0.1, 0.15) is 11.9 Å². The molecule has 0 bridgehead atoms. The fourth-order valence-electron chi connectivity index (χ4n) is 8.14. The molecule has 3 fully saturated rings. The van der Waals surface area contributed by atoms with E-state index in [2.05, 4.69) is 38.2 Å². The van der Waals surface area contributed by atoms with E-state index >= 15 is 0 Å². The fraction of sp³-hybridized carbons (Fsp3) is 0.625. The molecule has 0 aromatic heterocycles. The molecule has 38 heavy (non-hydrogen) atoms. The van der Waals surface area contributed by atoms with Crippen LogP contribution in [0.5, 0.6) is 0 Å². The van der Waals surface area contributed by atoms with Gasteiger partial charge in [-0.05, 0) is 105 Å². The number of amides is 1. The summed E-state index contributed by atoms with van der Waals surface area (Å²) in [5.74, 6) is 2.08. The van der Waals surface area contributed by atoms with Crippen molar-refractivity contribution in [2.24, 2.45) is 41.4 Å². The molecule has 0 spiro atoms. The average Bonchev–Trinajstić information content (AvgIpc) is 3.16. The average molecular weight is 526 g/mol. The van der Waals surface area contributed by atoms with Gasteiger partial charge in [-0.1, -0.05) is 43.7 Å². The zero-order valence-corrected chi connectivity index (χ0v) is 23.1. The maximum Gasteiger partial charge on any atom is 0.407 e. The van der Waals surface area contributed by atoms with Gasteiger partial charge < -0.3 is 14.8 Å². The van der Waals surface area contributed by atoms with E-state index in [-0.39, 0.29) is 43.3 Å². The summed E-state index contributed by atoms with van der Waals surface area (Å²) in [7, 11) is 0. The van der Waals surface area contributed by atoms with E-state index in [1.54, 1.807) is 12.1 Å². The van der Waals surface area contributed by atoms with Gasteiger partial charge in [0, 0.05) is 13.4 Å². The molecule has 1 aromatic carbocycles. The minimum atomic E-state index is -0.340. The minimum Gasteiger partial charge on any atom is -0.462 e. The van der Waals surface area contributed by atoms with Crippen LogP contribution in [-0.2, 0) is 14.3 Å². The number of halogens is 1. The lowest BCUT2D eigenvalue weighted by Crippen LogP contribution is -2.49. The summed E-state index contributed by atoms with van der Waals surface area (Å²) >= 11 is 0. The molecule has 1 N–H and O–H groups in total. The molecule has 2 saturated carbocycles. The Hall–Kier alpha value is -2.63. The van der Waals surface area contributed by atoms with Crippen molar-refractivity contribution in [1.29, 1.82) is 0 Å². The number of rotatable bonds is 6. The van der Waals surface area contributed by atoms with Crippen LogP contribution in [0.3, 0.4) is 0 Å². The summed E-state index contributed by atoms with van der Waals surface area (Å²) in [4.78, 5) is 24.9. The van der Waals surface area contributed by atoms with E-state index in [9.17, 15) is 14.0 Å². The first kappa shape index (κ1) is 27.0. The Morgan fingerprint density at radius 3 is 2.79 bits per heavy atom. The lowest BCUT2D eigenvalue weighted by molar-refractivity contribution is -0.144. The smallest absolute Gasteiger partial charge is 0.407 e. The second-order valence-corrected chi connectivity index (χ2v) is 12.1. The van der Waals surface area contributed by atoms with Crippen LogP contribution in [0.2, 0.25) is 0 Å². The van der Waals surface area contributed by atoms with Crippen molar-refractivity contribution in [3.8, 4) is 0 Å². The summed E-state index contributed by atoms with van der Waals surface area (Å²) < 4.78 is 24.8. The number of carbonyl (C=O) groups excluding carboxylic acids is 2. The second-order valence-electron chi connectivity index (χ2n) is 12.1. The summed E-state index contributed by atoms with van der Waals surface area (Å²) in [6.45, 7) is 8.81. The molecule has 9 atom stereocenters. The predicted molar refractivity (Wildman–Crippen MR) is 148 cm³/mol. The monoisotopic (exact) mass is 525 g/mol. The Labute approximate surface area is 227 Å². The highest BCUT2D eigenvalue weighted by Gasteiger charge is 2.55. The van der Waals surface area contributed by atoms with Crippen LogP contribution in [0, 0.1) is 47.2 Å². The molecule has 1 aromatic rings. The minimum absolute atomic E-state index is 0. The fourth-order valence-corrected chi connectivity index (χ4v) is 8.14. The first-order chi connectivity index (χ1) is 18.2. The van der Waals surface area contributed by atoms with E-state index in [1.807, 2.05) is 13.0 Å². The highest BCUT2D eigenvalue weighted by molar-refractivity contribution is 5.75. The van der Waals surface area contributed by atoms with Crippen LogP contribution in [0.25, 0.3) is 5.57 Å². The van der Waals surface area contributed by atoms with Crippen molar-refractivity contribution in [3.63, 3.8) is 0 Å². The number of benzene rings is 1. The van der Waals surface area contributed by atoms with Crippen LogP contribution < -0.4 is 5.32 Å². The van der Waals surface area contributed by atoms with Crippen molar-refractivity contribution in [2.45, 2.75) is 78.4 Å². The third-order valence-corrected chi connectivity index (χ3v) is 9.82. The van der Waals surface area contributed by atoms with E-state index in [0.29, 0.717) is 36.2 Å². The Kier molecular flexibility index (Phi) is 7.97. The lowest BCUT2D eigenvalue weighted by atomic mass is 9.55. The van der Waals surface area contributed by atoms with Gasteiger partial charge >= 0.3 is 12.1 Å². The van der Waals surface area contributed by atoms with Gasteiger partial charge in [-0.3, -0.25) is 4.79 Å². The number of allylic oxidation sites excluding steroid dienone is 4. The van der Waals surface area contributed by atoms with Crippen LogP contribution in [0.15, 0.2) is 42.0 Å². The maximum atomic E-state index is 13.8. The van der Waals surface area contributed by atoms with Crippen molar-refractivity contribution < 1.29 is 24.9 Å². The zero-order valence-electron chi connectivity index (χ0n) is 23.1. The normalized spacial score (nSPS) is 35.2. The number of cyclic esters (lactones) is 1. The van der Waals surface area contributed by atoms with Gasteiger partial charge in [-0.15, -0.1) is 0 Å². The number of nitrogens with one attached hydrogen (secondary N) is 1. The molecule has 5 nitrogen and oxygen atoms in total. The number of alkyl carbamates (subject to hydrolysis) is 1. The van der Waals surface area contributed by atoms with Gasteiger partial charge in [-0.2, -0.15) is 0 Å². The quantitative estimate of drug-likeness (QED) is 0.400. The summed E-state index contributed by atoms with van der Waals surface area (Å²) in [5, 5.41) is 3.05. The Morgan fingerprint density at radius 2 is 2.05 bits per heavy atom. The molecule has 6 heteroatoms. The summed E-state index contributed by atoms with van der Waals surface area (Å²) in [5.41, 5.74) is 3.59. The van der Waals surface area contributed by atoms with Crippen LogP contribution in [0.1, 0.15) is 73.2 Å². The molecule has 0 radical (unpaired) electrons. The number of ether oxygens (including phenoxy) is 2. The number of carbonyl (C=O) groups is 2. The van der Waals surface area contributed by atoms with Crippen LogP contribution >= 0.6 is 0 Å². The molecule has 208 valence electrons. The largest absolute Gasteiger partial charge is 0.462 e. The Balaban J connectivity index is 0.00000353. The molecule has 2 unspecified atom stereocenters. The molecule has 1 amide bonds. The number of fused-ring (bicyclic) bond motifs is 2. The topological polar surface area (TPSA) is 64.6 Å². The molecule has 1 heterocycles. The van der Waals surface area contributed by atoms with Gasteiger partial charge in [0.2, 0.25) is 0 Å². The van der Waals surface area contributed by atoms with Crippen molar-refractivity contribution >= 4 is 17.6 Å². The molecular formula is C32H44FNO4. The maximum absolute atomic E-state index is 13.8. The standard InChI is InChI=1S/C32H42FNO4.H2/c1-5-37-32(36)34-25-10-12-27-23(16-25)17-29-30(20(4)38-31(29)35)28(27)14-18(2)21-9-11-26(19(3)13-21)22-7-6-8-24(33)15-22;/h6-9,11,15,18-20,23,25,27-30H,5,10,12-14,16-17H2,1-4H3,(H,34,36);1H/t18?,19?,20-,23+,25-,27-,28-,29+,30+;/m1./s1. The molecule has 5 rings (SSSR count). The second kappa shape index (κ2) is 11.2. The number of esters is 1. The van der Waals surface area contributed by atoms with Gasteiger partial charge in [0.25, 0.3) is 0 Å². The van der Waals surface area contributed by atoms with Crippen LogP contribution in [0.4, 0.5) is 9.18 Å². The van der Waals surface area contributed by atoms with E-state index in [0.717, 1.165) is 44.1 Å². The van der Waals surface area contributed by atoms with Gasteiger partial charge in [-0.25, -0.2) is 9.18 Å². The first-order valence-corrected chi connectivity index (χ1v) is 14.6. The third-order valence-electron chi connectivity index (χ3n) is 9.82. The number of hydrogen-bond donors (Lipinski definition) is 1. The molecule has 1 aliphatic heterocycles. The molecule has 3 aliphatic carbocycles. The summed E-state index contributed by atoms with van der Waals surface area (Å²) in [6, 6.07) is 6.98.